The van der Waals surface area contributed by atoms with Crippen LogP contribution in [0.2, 0.25) is 0 Å². The minimum Gasteiger partial charge on any atom is -0.370 e. The molecule has 7 heteroatoms. The lowest BCUT2D eigenvalue weighted by Gasteiger charge is -2.20. The Morgan fingerprint density at radius 2 is 1.33 bits per heavy atom. The van der Waals surface area contributed by atoms with Gasteiger partial charge in [-0.2, -0.15) is 0 Å². The van der Waals surface area contributed by atoms with E-state index in [2.05, 4.69) is 5.73 Å². The zero-order valence-corrected chi connectivity index (χ0v) is 9.79. The Balaban J connectivity index is 0.000000631. The van der Waals surface area contributed by atoms with Gasteiger partial charge in [0.15, 0.2) is 0 Å². The summed E-state index contributed by atoms with van der Waals surface area (Å²) in [5, 5.41) is 9.69. The molecule has 0 aromatic heterocycles. The van der Waals surface area contributed by atoms with E-state index in [0.29, 0.717) is 0 Å². The minimum absolute atomic E-state index is 0.0694. The number of hydrogen-bond acceptors (Lipinski definition) is 4. The molecule has 0 aliphatic rings. The van der Waals surface area contributed by atoms with E-state index in [1.54, 1.807) is 18.2 Å². The van der Waals surface area contributed by atoms with Gasteiger partial charge in [-0.25, -0.2) is 0 Å². The Hall–Kier alpha value is -2.41. The molecule has 0 heterocycles. The van der Waals surface area contributed by atoms with Crippen LogP contribution in [0.15, 0.2) is 30.3 Å². The molecule has 0 radical (unpaired) electrons. The van der Waals surface area contributed by atoms with Crippen LogP contribution in [0.4, 0.5) is 0 Å². The fourth-order valence-electron chi connectivity index (χ4n) is 1.09. The second kappa shape index (κ2) is 6.36. The molecule has 1 rings (SSSR count). The number of nitrogens with two attached hydrogens (primary N) is 3. The van der Waals surface area contributed by atoms with E-state index in [1.165, 1.54) is 19.1 Å². The van der Waals surface area contributed by atoms with Crippen LogP contribution in [0.1, 0.15) is 12.5 Å². The molecule has 0 aliphatic heterocycles. The van der Waals surface area contributed by atoms with Crippen LogP contribution in [-0.2, 0) is 20.0 Å². The first-order valence-corrected chi connectivity index (χ1v) is 4.86. The Morgan fingerprint density at radius 1 is 1.00 bits per heavy atom. The molecule has 7 N–H and O–H groups in total. The van der Waals surface area contributed by atoms with Gasteiger partial charge in [0.25, 0.3) is 11.8 Å². The third kappa shape index (κ3) is 3.87. The molecule has 0 saturated carbocycles. The number of primary amides is 3. The van der Waals surface area contributed by atoms with Gasteiger partial charge in [0, 0.05) is 12.5 Å². The second-order valence-corrected chi connectivity index (χ2v) is 3.42. The van der Waals surface area contributed by atoms with E-state index in [4.69, 9.17) is 11.5 Å². The molecule has 3 amide bonds. The van der Waals surface area contributed by atoms with E-state index < -0.39 is 17.4 Å². The van der Waals surface area contributed by atoms with Crippen molar-refractivity contribution in [1.29, 1.82) is 0 Å². The third-order valence-corrected chi connectivity index (χ3v) is 1.90. The van der Waals surface area contributed by atoms with E-state index in [1.807, 2.05) is 0 Å². The first kappa shape index (κ1) is 15.6. The van der Waals surface area contributed by atoms with Gasteiger partial charge in [-0.3, -0.25) is 14.4 Å². The SMILES string of the molecule is CC(N)=O.NC(=O)C(O)(C(N)=O)c1ccccc1. The standard InChI is InChI=1S/C9H10N2O3.C2H5NO/c10-7(12)9(14,8(11)13)6-4-2-1-3-5-6;1-2(3)4/h1-5,14H,(H2,10,12)(H2,11,13);1H3,(H2,3,4). The van der Waals surface area contributed by atoms with Crippen molar-refractivity contribution < 1.29 is 19.5 Å². The molecule has 1 aromatic rings. The molecule has 0 aliphatic carbocycles. The highest BCUT2D eigenvalue weighted by atomic mass is 16.3. The molecule has 0 fully saturated rings. The summed E-state index contributed by atoms with van der Waals surface area (Å²) in [7, 11) is 0. The summed E-state index contributed by atoms with van der Waals surface area (Å²) in [5.41, 5.74) is 11.9. The summed E-state index contributed by atoms with van der Waals surface area (Å²) in [5.74, 6) is -2.70. The summed E-state index contributed by atoms with van der Waals surface area (Å²) in [6, 6.07) is 7.59. The third-order valence-electron chi connectivity index (χ3n) is 1.90. The first-order valence-electron chi connectivity index (χ1n) is 4.86. The van der Waals surface area contributed by atoms with Gasteiger partial charge in [0.1, 0.15) is 0 Å². The van der Waals surface area contributed by atoms with Crippen LogP contribution >= 0.6 is 0 Å². The molecule has 1 aromatic carbocycles. The predicted molar refractivity (Wildman–Crippen MR) is 63.6 cm³/mol. The van der Waals surface area contributed by atoms with Gasteiger partial charge in [0.2, 0.25) is 11.5 Å². The number of benzene rings is 1. The van der Waals surface area contributed by atoms with Crippen molar-refractivity contribution in [2.24, 2.45) is 17.2 Å². The Kier molecular flexibility index (Phi) is 5.50. The van der Waals surface area contributed by atoms with Crippen LogP contribution < -0.4 is 17.2 Å². The van der Waals surface area contributed by atoms with Gasteiger partial charge in [-0.15, -0.1) is 0 Å². The van der Waals surface area contributed by atoms with Crippen molar-refractivity contribution in [3.63, 3.8) is 0 Å². The number of rotatable bonds is 3. The number of carbonyl (C=O) groups is 3. The Labute approximate surface area is 104 Å². The highest BCUT2D eigenvalue weighted by Crippen LogP contribution is 2.19. The van der Waals surface area contributed by atoms with Gasteiger partial charge < -0.3 is 22.3 Å². The maximum Gasteiger partial charge on any atom is 0.264 e. The Bertz CT molecular complexity index is 427. The normalized spacial score (nSPS) is 9.89. The molecule has 0 spiro atoms. The summed E-state index contributed by atoms with van der Waals surface area (Å²) < 4.78 is 0. The number of aliphatic hydroxyl groups is 1. The predicted octanol–water partition coefficient (Wildman–Crippen LogP) is -1.66. The average molecular weight is 253 g/mol. The van der Waals surface area contributed by atoms with Gasteiger partial charge >= 0.3 is 0 Å². The fourth-order valence-corrected chi connectivity index (χ4v) is 1.09. The van der Waals surface area contributed by atoms with E-state index in [0.717, 1.165) is 0 Å². The van der Waals surface area contributed by atoms with Crippen LogP contribution in [0.5, 0.6) is 0 Å². The molecular formula is C11H15N3O4. The molecular weight excluding hydrogens is 238 g/mol. The highest BCUT2D eigenvalue weighted by molar-refractivity contribution is 6.07. The van der Waals surface area contributed by atoms with Crippen molar-refractivity contribution in [2.45, 2.75) is 12.5 Å². The van der Waals surface area contributed by atoms with Crippen LogP contribution in [0.3, 0.4) is 0 Å². The van der Waals surface area contributed by atoms with E-state index in [9.17, 15) is 19.5 Å². The summed E-state index contributed by atoms with van der Waals surface area (Å²) in [6.45, 7) is 1.31. The van der Waals surface area contributed by atoms with Crippen LogP contribution in [0.25, 0.3) is 0 Å². The van der Waals surface area contributed by atoms with E-state index in [-0.39, 0.29) is 11.5 Å². The average Bonchev–Trinajstić information content (AvgIpc) is 2.27. The Morgan fingerprint density at radius 3 is 1.61 bits per heavy atom. The molecule has 0 unspecified atom stereocenters. The summed E-state index contributed by atoms with van der Waals surface area (Å²) in [6.07, 6.45) is 0. The smallest absolute Gasteiger partial charge is 0.264 e. The monoisotopic (exact) mass is 253 g/mol. The van der Waals surface area contributed by atoms with Gasteiger partial charge in [0.05, 0.1) is 0 Å². The quantitative estimate of drug-likeness (QED) is 0.476. The topological polar surface area (TPSA) is 150 Å². The molecule has 0 saturated heterocycles. The maximum absolute atomic E-state index is 10.9. The minimum atomic E-state index is -2.43. The number of amides is 3. The number of carbonyl (C=O) groups excluding carboxylic acids is 3. The lowest BCUT2D eigenvalue weighted by molar-refractivity contribution is -0.150. The van der Waals surface area contributed by atoms with Crippen molar-refractivity contribution in [3.05, 3.63) is 35.9 Å². The first-order chi connectivity index (χ1) is 8.22. The zero-order valence-electron chi connectivity index (χ0n) is 9.79. The molecule has 0 bridgehead atoms. The number of hydrogen-bond donors (Lipinski definition) is 4. The van der Waals surface area contributed by atoms with Crippen molar-refractivity contribution in [2.75, 3.05) is 0 Å². The summed E-state index contributed by atoms with van der Waals surface area (Å²) in [4.78, 5) is 31.1. The van der Waals surface area contributed by atoms with Crippen LogP contribution in [0, 0.1) is 0 Å². The van der Waals surface area contributed by atoms with Crippen molar-refractivity contribution in [1.82, 2.24) is 0 Å². The largest absolute Gasteiger partial charge is 0.370 e. The summed E-state index contributed by atoms with van der Waals surface area (Å²) >= 11 is 0. The molecule has 7 nitrogen and oxygen atoms in total. The van der Waals surface area contributed by atoms with Crippen molar-refractivity contribution in [3.8, 4) is 0 Å². The highest BCUT2D eigenvalue weighted by Gasteiger charge is 2.42. The maximum atomic E-state index is 10.9. The molecule has 98 valence electrons. The van der Waals surface area contributed by atoms with Crippen molar-refractivity contribution >= 4 is 17.7 Å². The van der Waals surface area contributed by atoms with Crippen LogP contribution in [-0.4, -0.2) is 22.8 Å². The molecule has 0 atom stereocenters. The molecule has 18 heavy (non-hydrogen) atoms. The van der Waals surface area contributed by atoms with Gasteiger partial charge in [-0.05, 0) is 0 Å². The van der Waals surface area contributed by atoms with E-state index >= 15 is 0 Å². The van der Waals surface area contributed by atoms with Gasteiger partial charge in [-0.1, -0.05) is 30.3 Å². The zero-order chi connectivity index (χ0) is 14.3. The lowest BCUT2D eigenvalue weighted by Crippen LogP contribution is -2.51. The fraction of sp³-hybridized carbons (Fsp3) is 0.182. The lowest BCUT2D eigenvalue weighted by atomic mass is 9.92. The second-order valence-electron chi connectivity index (χ2n) is 3.42.